The van der Waals surface area contributed by atoms with Gasteiger partial charge < -0.3 is 5.32 Å². The van der Waals surface area contributed by atoms with E-state index in [0.29, 0.717) is 6.04 Å². The number of hydrogen-bond donors (Lipinski definition) is 1. The van der Waals surface area contributed by atoms with Gasteiger partial charge >= 0.3 is 0 Å². The number of nitrogens with zero attached hydrogens (tertiary/aromatic N) is 1. The zero-order chi connectivity index (χ0) is 14.1. The Morgan fingerprint density at radius 2 is 2.35 bits per heavy atom. The average Bonchev–Trinajstić information content (AvgIpc) is 2.87. The van der Waals surface area contributed by atoms with Crippen LogP contribution in [-0.2, 0) is 6.42 Å². The van der Waals surface area contributed by atoms with Crippen molar-refractivity contribution in [3.63, 3.8) is 0 Å². The van der Waals surface area contributed by atoms with Crippen molar-refractivity contribution in [2.24, 2.45) is 0 Å². The lowest BCUT2D eigenvalue weighted by Gasteiger charge is -2.21. The van der Waals surface area contributed by atoms with Crippen molar-refractivity contribution in [2.75, 3.05) is 6.54 Å². The first-order valence-corrected chi connectivity index (χ1v) is 8.86. The summed E-state index contributed by atoms with van der Waals surface area (Å²) in [6.45, 7) is 3.15. The smallest absolute Gasteiger partial charge is 0.125 e. The monoisotopic (exact) mass is 370 g/mol. The molecule has 1 atom stereocenters. The van der Waals surface area contributed by atoms with Gasteiger partial charge in [0, 0.05) is 21.0 Å². The van der Waals surface area contributed by atoms with Gasteiger partial charge in [-0.15, -0.1) is 11.3 Å². The Morgan fingerprint density at radius 1 is 1.50 bits per heavy atom. The lowest BCUT2D eigenvalue weighted by molar-refractivity contribution is 0.476. The molecule has 1 aromatic heterocycles. The minimum Gasteiger partial charge on any atom is -0.309 e. The van der Waals surface area contributed by atoms with Gasteiger partial charge in [-0.25, -0.2) is 4.98 Å². The second-order valence-electron chi connectivity index (χ2n) is 4.96. The number of nitrogens with one attached hydrogen (secondary N) is 1. The highest BCUT2D eigenvalue weighted by atomic mass is 79.9. The third-order valence-electron chi connectivity index (χ3n) is 3.56. The Balaban J connectivity index is 2.02. The van der Waals surface area contributed by atoms with E-state index in [2.05, 4.69) is 34.2 Å². The first kappa shape index (κ1) is 14.5. The fraction of sp³-hybridized carbons (Fsp3) is 0.400. The molecule has 2 nitrogen and oxygen atoms in total. The van der Waals surface area contributed by atoms with Gasteiger partial charge in [0.05, 0.1) is 10.7 Å². The molecule has 0 spiro atoms. The maximum atomic E-state index is 6.32. The number of aromatic nitrogens is 1. The SMILES string of the molecule is CCNC1CCCc2nc(-c3cc(Br)ccc3Cl)sc21. The summed E-state index contributed by atoms with van der Waals surface area (Å²) in [5, 5.41) is 5.36. The van der Waals surface area contributed by atoms with E-state index in [4.69, 9.17) is 16.6 Å². The van der Waals surface area contributed by atoms with E-state index >= 15 is 0 Å². The summed E-state index contributed by atoms with van der Waals surface area (Å²) < 4.78 is 1.04. The Kier molecular flexibility index (Phi) is 4.46. The molecule has 5 heteroatoms. The average molecular weight is 372 g/mol. The van der Waals surface area contributed by atoms with Crippen molar-refractivity contribution in [3.8, 4) is 10.6 Å². The summed E-state index contributed by atoms with van der Waals surface area (Å²) in [6.07, 6.45) is 3.49. The summed E-state index contributed by atoms with van der Waals surface area (Å²) in [5.41, 5.74) is 2.27. The fourth-order valence-electron chi connectivity index (χ4n) is 2.64. The molecule has 0 aliphatic heterocycles. The third-order valence-corrected chi connectivity index (χ3v) is 5.63. The van der Waals surface area contributed by atoms with E-state index in [1.807, 2.05) is 12.1 Å². The van der Waals surface area contributed by atoms with Gasteiger partial charge in [-0.3, -0.25) is 0 Å². The number of halogens is 2. The van der Waals surface area contributed by atoms with Crippen LogP contribution < -0.4 is 5.32 Å². The topological polar surface area (TPSA) is 24.9 Å². The quantitative estimate of drug-likeness (QED) is 0.800. The summed E-state index contributed by atoms with van der Waals surface area (Å²) in [6, 6.07) is 6.39. The molecule has 20 heavy (non-hydrogen) atoms. The second-order valence-corrected chi connectivity index (χ2v) is 7.31. The standard InChI is InChI=1S/C15H16BrClN2S/c1-2-18-12-4-3-5-13-14(12)20-15(19-13)10-8-9(16)6-7-11(10)17/h6-8,12,18H,2-5H2,1H3. The largest absolute Gasteiger partial charge is 0.309 e. The highest BCUT2D eigenvalue weighted by molar-refractivity contribution is 9.10. The molecule has 0 saturated heterocycles. The summed E-state index contributed by atoms with van der Waals surface area (Å²) in [7, 11) is 0. The van der Waals surface area contributed by atoms with E-state index in [9.17, 15) is 0 Å². The number of benzene rings is 1. The Bertz CT molecular complexity index is 626. The van der Waals surface area contributed by atoms with Crippen molar-refractivity contribution in [1.82, 2.24) is 10.3 Å². The Labute approximate surface area is 136 Å². The summed E-state index contributed by atoms with van der Waals surface area (Å²) in [4.78, 5) is 6.22. The number of hydrogen-bond acceptors (Lipinski definition) is 3. The van der Waals surface area contributed by atoms with Gasteiger partial charge in [-0.1, -0.05) is 34.5 Å². The van der Waals surface area contributed by atoms with Crippen molar-refractivity contribution in [2.45, 2.75) is 32.2 Å². The van der Waals surface area contributed by atoms with Crippen molar-refractivity contribution in [1.29, 1.82) is 0 Å². The first-order valence-electron chi connectivity index (χ1n) is 6.87. The van der Waals surface area contributed by atoms with E-state index in [-0.39, 0.29) is 0 Å². The summed E-state index contributed by atoms with van der Waals surface area (Å²) in [5.74, 6) is 0. The van der Waals surface area contributed by atoms with E-state index < -0.39 is 0 Å². The van der Waals surface area contributed by atoms with Gasteiger partial charge in [0.2, 0.25) is 0 Å². The van der Waals surface area contributed by atoms with Gasteiger partial charge in [-0.05, 0) is 44.0 Å². The second kappa shape index (κ2) is 6.14. The van der Waals surface area contributed by atoms with Crippen molar-refractivity contribution in [3.05, 3.63) is 38.3 Å². The molecule has 1 N–H and O–H groups in total. The number of aryl methyl sites for hydroxylation is 1. The molecule has 1 heterocycles. The molecule has 1 aromatic carbocycles. The van der Waals surface area contributed by atoms with Crippen LogP contribution in [0.1, 0.15) is 36.4 Å². The van der Waals surface area contributed by atoms with Crippen molar-refractivity contribution >= 4 is 38.9 Å². The molecule has 2 aromatic rings. The molecule has 0 amide bonds. The van der Waals surface area contributed by atoms with Crippen LogP contribution >= 0.6 is 38.9 Å². The lowest BCUT2D eigenvalue weighted by Crippen LogP contribution is -2.23. The molecule has 1 unspecified atom stereocenters. The van der Waals surface area contributed by atoms with Gasteiger partial charge in [0.1, 0.15) is 5.01 Å². The maximum absolute atomic E-state index is 6.32. The van der Waals surface area contributed by atoms with E-state index in [1.165, 1.54) is 23.4 Å². The highest BCUT2D eigenvalue weighted by Crippen LogP contribution is 2.40. The normalized spacial score (nSPS) is 18.1. The molecular weight excluding hydrogens is 356 g/mol. The number of fused-ring (bicyclic) bond motifs is 1. The Morgan fingerprint density at radius 3 is 3.15 bits per heavy atom. The van der Waals surface area contributed by atoms with Crippen LogP contribution in [0.15, 0.2) is 22.7 Å². The van der Waals surface area contributed by atoms with Gasteiger partial charge in [0.15, 0.2) is 0 Å². The molecule has 0 saturated carbocycles. The summed E-state index contributed by atoms with van der Waals surface area (Å²) >= 11 is 11.6. The third kappa shape index (κ3) is 2.80. The molecule has 106 valence electrons. The van der Waals surface area contributed by atoms with Crippen LogP contribution in [0, 0.1) is 0 Å². The highest BCUT2D eigenvalue weighted by Gasteiger charge is 2.24. The van der Waals surface area contributed by atoms with E-state index in [0.717, 1.165) is 33.0 Å². The lowest BCUT2D eigenvalue weighted by atomic mass is 9.98. The fourth-order valence-corrected chi connectivity index (χ4v) is 4.51. The first-order chi connectivity index (χ1) is 9.69. The van der Waals surface area contributed by atoms with Crippen LogP contribution in [0.3, 0.4) is 0 Å². The van der Waals surface area contributed by atoms with E-state index in [1.54, 1.807) is 11.3 Å². The van der Waals surface area contributed by atoms with Gasteiger partial charge in [0.25, 0.3) is 0 Å². The van der Waals surface area contributed by atoms with Crippen LogP contribution in [0.2, 0.25) is 5.02 Å². The maximum Gasteiger partial charge on any atom is 0.125 e. The number of thiazole rings is 1. The predicted molar refractivity (Wildman–Crippen MR) is 89.6 cm³/mol. The van der Waals surface area contributed by atoms with Crippen LogP contribution in [0.25, 0.3) is 10.6 Å². The minimum atomic E-state index is 0.459. The zero-order valence-corrected chi connectivity index (χ0v) is 14.4. The van der Waals surface area contributed by atoms with Crippen molar-refractivity contribution < 1.29 is 0 Å². The minimum absolute atomic E-state index is 0.459. The number of rotatable bonds is 3. The molecule has 1 aliphatic carbocycles. The molecule has 0 radical (unpaired) electrons. The van der Waals surface area contributed by atoms with Crippen LogP contribution in [0.4, 0.5) is 0 Å². The Hall–Kier alpha value is -0.420. The molecular formula is C15H16BrClN2S. The molecule has 3 rings (SSSR count). The molecule has 0 bridgehead atoms. The molecule has 1 aliphatic rings. The zero-order valence-electron chi connectivity index (χ0n) is 11.2. The van der Waals surface area contributed by atoms with Crippen LogP contribution in [0.5, 0.6) is 0 Å². The van der Waals surface area contributed by atoms with Gasteiger partial charge in [-0.2, -0.15) is 0 Å². The van der Waals surface area contributed by atoms with Crippen LogP contribution in [-0.4, -0.2) is 11.5 Å². The molecule has 0 fully saturated rings. The predicted octanol–water partition coefficient (Wildman–Crippen LogP) is 5.21.